The molecule has 0 unspecified atom stereocenters. The van der Waals surface area contributed by atoms with Gasteiger partial charge >= 0.3 is 5.56 Å². The van der Waals surface area contributed by atoms with E-state index in [-0.39, 0.29) is 17.1 Å². The molecule has 0 aliphatic heterocycles. The van der Waals surface area contributed by atoms with E-state index in [2.05, 4.69) is 15.3 Å². The largest absolute Gasteiger partial charge is 0.448 e. The van der Waals surface area contributed by atoms with Crippen molar-refractivity contribution in [2.24, 2.45) is 0 Å². The summed E-state index contributed by atoms with van der Waals surface area (Å²) >= 11 is 0. The zero-order valence-electron chi connectivity index (χ0n) is 13.9. The van der Waals surface area contributed by atoms with Crippen molar-refractivity contribution in [3.05, 3.63) is 52.7 Å². The van der Waals surface area contributed by atoms with Crippen molar-refractivity contribution in [1.29, 1.82) is 0 Å². The summed E-state index contributed by atoms with van der Waals surface area (Å²) in [5, 5.41) is 13.8. The van der Waals surface area contributed by atoms with E-state index < -0.39 is 11.4 Å². The molecule has 4 rings (SSSR count). The first-order valence-corrected chi connectivity index (χ1v) is 8.43. The highest BCUT2D eigenvalue weighted by molar-refractivity contribution is 5.76. The number of benzene rings is 1. The average molecular weight is 356 g/mol. The van der Waals surface area contributed by atoms with E-state index in [1.165, 1.54) is 30.5 Å². The van der Waals surface area contributed by atoms with Crippen molar-refractivity contribution in [3.63, 3.8) is 0 Å². The van der Waals surface area contributed by atoms with E-state index >= 15 is 0 Å². The number of anilines is 1. The van der Waals surface area contributed by atoms with Crippen LogP contribution in [0.4, 0.5) is 10.3 Å². The summed E-state index contributed by atoms with van der Waals surface area (Å²) in [6.45, 7) is 0. The predicted octanol–water partition coefficient (Wildman–Crippen LogP) is 3.31. The Labute approximate surface area is 148 Å². The molecular weight excluding hydrogens is 339 g/mol. The fourth-order valence-electron chi connectivity index (χ4n) is 3.10. The smallest absolute Gasteiger partial charge is 0.327 e. The second-order valence-corrected chi connectivity index (χ2v) is 6.26. The number of para-hydroxylation sites is 1. The van der Waals surface area contributed by atoms with Crippen LogP contribution in [-0.2, 0) is 0 Å². The molecule has 0 spiro atoms. The highest BCUT2D eigenvalue weighted by atomic mass is 19.1. The molecule has 1 aliphatic carbocycles. The highest BCUT2D eigenvalue weighted by Gasteiger charge is 2.18. The van der Waals surface area contributed by atoms with Gasteiger partial charge in [0.15, 0.2) is 23.0 Å². The number of aromatic nitrogens is 3. The van der Waals surface area contributed by atoms with Crippen LogP contribution in [-0.4, -0.2) is 25.9 Å². The Morgan fingerprint density at radius 2 is 2.00 bits per heavy atom. The topological polar surface area (TPSA) is 89.3 Å². The van der Waals surface area contributed by atoms with Crippen LogP contribution in [0.3, 0.4) is 0 Å². The summed E-state index contributed by atoms with van der Waals surface area (Å²) in [4.78, 5) is 20.8. The van der Waals surface area contributed by atoms with E-state index in [4.69, 9.17) is 4.74 Å². The normalized spacial score (nSPS) is 14.7. The van der Waals surface area contributed by atoms with Gasteiger partial charge in [-0.3, -0.25) is 4.79 Å². The maximum Gasteiger partial charge on any atom is 0.327 e. The number of fused-ring (bicyclic) bond motifs is 1. The monoisotopic (exact) mass is 356 g/mol. The maximum atomic E-state index is 13.7. The van der Waals surface area contributed by atoms with Crippen LogP contribution >= 0.6 is 0 Å². The predicted molar refractivity (Wildman–Crippen MR) is 93.3 cm³/mol. The Kier molecular flexibility index (Phi) is 4.16. The fourth-order valence-corrected chi connectivity index (χ4v) is 3.10. The van der Waals surface area contributed by atoms with Crippen molar-refractivity contribution < 1.29 is 14.3 Å². The molecule has 1 fully saturated rings. The lowest BCUT2D eigenvalue weighted by molar-refractivity contribution is 0.183. The Morgan fingerprint density at radius 3 is 2.77 bits per heavy atom. The molecule has 8 heteroatoms. The third-order valence-electron chi connectivity index (χ3n) is 4.43. The Morgan fingerprint density at radius 1 is 1.23 bits per heavy atom. The summed E-state index contributed by atoms with van der Waals surface area (Å²) in [6.07, 6.45) is 5.89. The number of pyridine rings is 1. The Hall–Kier alpha value is -3.16. The summed E-state index contributed by atoms with van der Waals surface area (Å²) < 4.78 is 19.5. The van der Waals surface area contributed by atoms with Gasteiger partial charge < -0.3 is 15.3 Å². The van der Waals surface area contributed by atoms with E-state index in [0.717, 1.165) is 25.7 Å². The van der Waals surface area contributed by atoms with Crippen LogP contribution in [0.2, 0.25) is 0 Å². The third kappa shape index (κ3) is 3.05. The van der Waals surface area contributed by atoms with Crippen LogP contribution in [0.15, 0.2) is 41.3 Å². The molecule has 2 N–H and O–H groups in total. The van der Waals surface area contributed by atoms with Gasteiger partial charge in [0.1, 0.15) is 0 Å². The van der Waals surface area contributed by atoms with Gasteiger partial charge in [-0.25, -0.2) is 9.37 Å². The lowest BCUT2D eigenvalue weighted by atomic mass is 10.2. The van der Waals surface area contributed by atoms with Crippen molar-refractivity contribution in [2.75, 3.05) is 5.32 Å². The number of hydrogen-bond acceptors (Lipinski definition) is 6. The van der Waals surface area contributed by atoms with Crippen molar-refractivity contribution in [1.82, 2.24) is 14.7 Å². The molecule has 26 heavy (non-hydrogen) atoms. The molecular formula is C18H17FN4O3. The Balaban J connectivity index is 1.70. The number of nitrogens with one attached hydrogen (secondary N) is 1. The van der Waals surface area contributed by atoms with Gasteiger partial charge in [-0.1, -0.05) is 25.0 Å². The molecule has 0 saturated heterocycles. The van der Waals surface area contributed by atoms with Crippen molar-refractivity contribution >= 4 is 17.0 Å². The van der Waals surface area contributed by atoms with E-state index in [1.807, 2.05) is 0 Å². The fraction of sp³-hybridized carbons (Fsp3) is 0.278. The van der Waals surface area contributed by atoms with Gasteiger partial charge in [-0.05, 0) is 31.0 Å². The van der Waals surface area contributed by atoms with Crippen LogP contribution in [0.5, 0.6) is 11.5 Å². The minimum Gasteiger partial charge on any atom is -0.448 e. The average Bonchev–Trinajstić information content (AvgIpc) is 3.15. The van der Waals surface area contributed by atoms with Gasteiger partial charge in [0, 0.05) is 17.6 Å². The highest BCUT2D eigenvalue weighted by Crippen LogP contribution is 2.25. The van der Waals surface area contributed by atoms with E-state index in [1.54, 1.807) is 6.07 Å². The van der Waals surface area contributed by atoms with Gasteiger partial charge in [0.2, 0.25) is 5.95 Å². The quantitative estimate of drug-likeness (QED) is 0.697. The lowest BCUT2D eigenvalue weighted by Crippen LogP contribution is -2.22. The third-order valence-corrected chi connectivity index (χ3v) is 4.43. The van der Waals surface area contributed by atoms with E-state index in [9.17, 15) is 14.4 Å². The molecule has 0 bridgehead atoms. The van der Waals surface area contributed by atoms with Gasteiger partial charge in [0.05, 0.1) is 0 Å². The second kappa shape index (κ2) is 6.62. The molecule has 3 aromatic rings. The van der Waals surface area contributed by atoms with Gasteiger partial charge in [-0.15, -0.1) is 4.73 Å². The standard InChI is InChI=1S/C18H17FN4O3/c19-13-7-3-4-8-14(13)26-15-9-11-10-20-18(21-12-5-1-2-6-12)22-16(11)23(25)17(15)24/h3-4,7-10,12,25H,1-2,5-6H2,(H,20,21,22). The number of rotatable bonds is 4. The molecule has 0 amide bonds. The van der Waals surface area contributed by atoms with E-state index in [0.29, 0.717) is 22.1 Å². The Bertz CT molecular complexity index is 1010. The molecule has 0 atom stereocenters. The molecule has 2 aromatic heterocycles. The minimum atomic E-state index is -0.828. The SMILES string of the molecule is O=c1c(Oc2ccccc2F)cc2cnc(NC3CCCC3)nc2n1O. The van der Waals surface area contributed by atoms with Crippen LogP contribution in [0.1, 0.15) is 25.7 Å². The van der Waals surface area contributed by atoms with Crippen LogP contribution in [0, 0.1) is 5.82 Å². The first-order chi connectivity index (χ1) is 12.6. The second-order valence-electron chi connectivity index (χ2n) is 6.26. The molecule has 0 radical (unpaired) electrons. The van der Waals surface area contributed by atoms with Crippen LogP contribution < -0.4 is 15.6 Å². The first kappa shape index (κ1) is 16.3. The van der Waals surface area contributed by atoms with Crippen molar-refractivity contribution in [3.8, 4) is 11.5 Å². The first-order valence-electron chi connectivity index (χ1n) is 8.43. The molecule has 7 nitrogen and oxygen atoms in total. The zero-order valence-corrected chi connectivity index (χ0v) is 13.9. The maximum absolute atomic E-state index is 13.7. The summed E-state index contributed by atoms with van der Waals surface area (Å²) in [5.41, 5.74) is -0.766. The molecule has 1 saturated carbocycles. The molecule has 2 heterocycles. The number of nitrogens with zero attached hydrogens (tertiary/aromatic N) is 3. The van der Waals surface area contributed by atoms with Gasteiger partial charge in [0.25, 0.3) is 0 Å². The minimum absolute atomic E-state index is 0.0615. The zero-order chi connectivity index (χ0) is 18.1. The molecule has 1 aromatic carbocycles. The number of ether oxygens (including phenoxy) is 1. The summed E-state index contributed by atoms with van der Waals surface area (Å²) in [5.74, 6) is -0.576. The molecule has 1 aliphatic rings. The van der Waals surface area contributed by atoms with Crippen LogP contribution in [0.25, 0.3) is 11.0 Å². The summed E-state index contributed by atoms with van der Waals surface area (Å²) in [7, 11) is 0. The summed E-state index contributed by atoms with van der Waals surface area (Å²) in [6, 6.07) is 7.40. The lowest BCUT2D eigenvalue weighted by Gasteiger charge is -2.13. The number of hydrogen-bond donors (Lipinski definition) is 2. The van der Waals surface area contributed by atoms with Gasteiger partial charge in [-0.2, -0.15) is 4.98 Å². The molecule has 134 valence electrons. The van der Waals surface area contributed by atoms with Crippen molar-refractivity contribution in [2.45, 2.75) is 31.7 Å². The number of halogens is 1.